The van der Waals surface area contributed by atoms with Gasteiger partial charge in [0.15, 0.2) is 0 Å². The number of rotatable bonds is 6. The standard InChI is InChI=1S/C41H48N6O4/c1-39(2,3)50-37(48)46-19-7-9-34(46)36-44-25-33(45-36)27-12-10-26(11-13-27)28-14-15-30-22-31(17-16-29(30)21-28)32(42)24-43-35-23-41(35)18-8-20-47(41)38(49)51-40(4,5)6/h10-17,21-25,34,43H,7-9,18-20,42H2,1-6H3,(H,44,45)/b32-24-/t34-,41?/m0/s1. The number of fused-ring (bicyclic) bond motifs is 1. The van der Waals surface area contributed by atoms with Crippen LogP contribution in [0.1, 0.15) is 84.7 Å². The third-order valence-electron chi connectivity index (χ3n) is 9.68. The second-order valence-corrected chi connectivity index (χ2v) is 15.8. The van der Waals surface area contributed by atoms with Crippen molar-refractivity contribution >= 4 is 28.7 Å². The lowest BCUT2D eigenvalue weighted by Crippen LogP contribution is -2.43. The summed E-state index contributed by atoms with van der Waals surface area (Å²) in [5, 5.41) is 5.57. The molecule has 2 fully saturated rings. The van der Waals surface area contributed by atoms with Crippen LogP contribution in [0.4, 0.5) is 9.59 Å². The van der Waals surface area contributed by atoms with Crippen LogP contribution in [0.3, 0.4) is 0 Å². The molecule has 0 saturated carbocycles. The van der Waals surface area contributed by atoms with Gasteiger partial charge < -0.3 is 25.5 Å². The Labute approximate surface area is 299 Å². The highest BCUT2D eigenvalue weighted by Crippen LogP contribution is 2.47. The Morgan fingerprint density at radius 1 is 0.882 bits per heavy atom. The van der Waals surface area contributed by atoms with Crippen molar-refractivity contribution in [1.82, 2.24) is 25.1 Å². The summed E-state index contributed by atoms with van der Waals surface area (Å²) in [6.07, 6.45) is 8.74. The van der Waals surface area contributed by atoms with E-state index < -0.39 is 11.2 Å². The minimum atomic E-state index is -0.540. The summed E-state index contributed by atoms with van der Waals surface area (Å²) in [7, 11) is 0. The van der Waals surface area contributed by atoms with Crippen LogP contribution >= 0.6 is 0 Å². The number of H-pyrrole nitrogens is 1. The average Bonchev–Trinajstić information content (AvgIpc) is 3.51. The number of likely N-dealkylation sites (tertiary alicyclic amines) is 2. The van der Waals surface area contributed by atoms with Gasteiger partial charge in [-0.1, -0.05) is 48.5 Å². The number of nitrogens with zero attached hydrogens (tertiary/aromatic N) is 3. The van der Waals surface area contributed by atoms with Crippen molar-refractivity contribution in [2.24, 2.45) is 5.73 Å². The molecule has 3 heterocycles. The summed E-state index contributed by atoms with van der Waals surface area (Å²) in [6, 6.07) is 21.0. The Morgan fingerprint density at radius 3 is 2.29 bits per heavy atom. The predicted octanol–water partition coefficient (Wildman–Crippen LogP) is 8.48. The Bertz CT molecular complexity index is 2030. The highest BCUT2D eigenvalue weighted by atomic mass is 16.6. The monoisotopic (exact) mass is 688 g/mol. The molecule has 7 rings (SSSR count). The number of carbonyl (C=O) groups excluding carboxylic acids is 2. The summed E-state index contributed by atoms with van der Waals surface area (Å²) < 4.78 is 11.3. The molecule has 10 heteroatoms. The van der Waals surface area contributed by atoms with Gasteiger partial charge in [-0.3, -0.25) is 9.80 Å². The molecule has 0 bridgehead atoms. The molecule has 1 aromatic heterocycles. The number of ether oxygens (including phenoxy) is 2. The number of hydrogen-bond donors (Lipinski definition) is 3. The van der Waals surface area contributed by atoms with E-state index in [9.17, 15) is 9.59 Å². The van der Waals surface area contributed by atoms with Crippen molar-refractivity contribution in [3.8, 4) is 22.4 Å². The molecule has 2 aliphatic heterocycles. The van der Waals surface area contributed by atoms with Crippen molar-refractivity contribution in [1.29, 1.82) is 0 Å². The summed E-state index contributed by atoms with van der Waals surface area (Å²) in [5.74, 6) is 0.782. The maximum absolute atomic E-state index is 12.8. The molecule has 4 aromatic rings. The van der Waals surface area contributed by atoms with Crippen LogP contribution in [-0.2, 0) is 9.47 Å². The number of carbonyl (C=O) groups is 2. The van der Waals surface area contributed by atoms with E-state index in [4.69, 9.17) is 15.2 Å². The van der Waals surface area contributed by atoms with Gasteiger partial charge in [-0.15, -0.1) is 0 Å². The van der Waals surface area contributed by atoms with E-state index in [1.54, 1.807) is 4.90 Å². The van der Waals surface area contributed by atoms with E-state index in [0.29, 0.717) is 18.8 Å². The SMILES string of the molecule is CC(C)(C)OC(=O)N1CCC[C@H]1c1ncc(-c2ccc(-c3ccc4cc(/C(N)=C/NC5=CC56CCCN6C(=O)OC(C)(C)C)ccc4c3)cc2)[nH]1. The molecule has 4 N–H and O–H groups in total. The van der Waals surface area contributed by atoms with Gasteiger partial charge >= 0.3 is 12.2 Å². The van der Waals surface area contributed by atoms with E-state index in [2.05, 4.69) is 76.0 Å². The number of nitrogens with one attached hydrogen (secondary N) is 2. The fourth-order valence-corrected chi connectivity index (χ4v) is 7.14. The van der Waals surface area contributed by atoms with Gasteiger partial charge in [0.25, 0.3) is 0 Å². The maximum atomic E-state index is 12.8. The van der Waals surface area contributed by atoms with Crippen LogP contribution in [-0.4, -0.2) is 61.8 Å². The highest BCUT2D eigenvalue weighted by molar-refractivity contribution is 5.90. The number of hydrogen-bond acceptors (Lipinski definition) is 7. The lowest BCUT2D eigenvalue weighted by Gasteiger charge is -2.29. The Balaban J connectivity index is 0.995. The number of benzene rings is 3. The second kappa shape index (κ2) is 12.8. The minimum Gasteiger partial charge on any atom is -0.444 e. The predicted molar refractivity (Wildman–Crippen MR) is 200 cm³/mol. The fraction of sp³-hybridized carbons (Fsp3) is 0.390. The Kier molecular flexibility index (Phi) is 8.60. The van der Waals surface area contributed by atoms with Crippen LogP contribution in [0.2, 0.25) is 0 Å². The van der Waals surface area contributed by atoms with Crippen LogP contribution < -0.4 is 11.1 Å². The van der Waals surface area contributed by atoms with E-state index in [1.165, 1.54) is 0 Å². The summed E-state index contributed by atoms with van der Waals surface area (Å²) in [6.45, 7) is 12.7. The number of aromatic nitrogens is 2. The number of nitrogens with two attached hydrogens (primary N) is 1. The Hall–Kier alpha value is -5.25. The number of imidazole rings is 1. The molecule has 10 nitrogen and oxygen atoms in total. The van der Waals surface area contributed by atoms with Crippen molar-refractivity contribution in [2.45, 2.75) is 90.0 Å². The van der Waals surface area contributed by atoms with E-state index in [-0.39, 0.29) is 23.8 Å². The molecular weight excluding hydrogens is 640 g/mol. The van der Waals surface area contributed by atoms with Crippen molar-refractivity contribution in [3.05, 3.63) is 96.2 Å². The third-order valence-corrected chi connectivity index (χ3v) is 9.68. The van der Waals surface area contributed by atoms with E-state index >= 15 is 0 Å². The highest BCUT2D eigenvalue weighted by Gasteiger charge is 2.55. The quantitative estimate of drug-likeness (QED) is 0.186. The molecule has 1 unspecified atom stereocenters. The molecule has 266 valence electrons. The van der Waals surface area contributed by atoms with Gasteiger partial charge in [0.1, 0.15) is 22.6 Å². The van der Waals surface area contributed by atoms with Gasteiger partial charge in [0.2, 0.25) is 0 Å². The second-order valence-electron chi connectivity index (χ2n) is 15.8. The van der Waals surface area contributed by atoms with E-state index in [1.807, 2.05) is 64.9 Å². The summed E-state index contributed by atoms with van der Waals surface area (Å²) in [5.41, 5.74) is 11.7. The average molecular weight is 689 g/mol. The van der Waals surface area contributed by atoms with Gasteiger partial charge in [-0.2, -0.15) is 0 Å². The third kappa shape index (κ3) is 7.18. The van der Waals surface area contributed by atoms with Gasteiger partial charge in [0, 0.05) is 25.0 Å². The number of aromatic amines is 1. The normalized spacial score (nSPS) is 20.5. The molecule has 3 aliphatic rings. The van der Waals surface area contributed by atoms with Crippen LogP contribution in [0.15, 0.2) is 84.8 Å². The minimum absolute atomic E-state index is 0.121. The zero-order valence-corrected chi connectivity index (χ0v) is 30.4. The largest absolute Gasteiger partial charge is 0.444 e. The molecule has 3 aromatic carbocycles. The molecule has 2 amide bonds. The molecule has 1 aliphatic carbocycles. The first-order valence-corrected chi connectivity index (χ1v) is 17.8. The van der Waals surface area contributed by atoms with Gasteiger partial charge in [-0.25, -0.2) is 14.6 Å². The topological polar surface area (TPSA) is 126 Å². The molecular formula is C41H48N6O4. The number of amides is 2. The first-order valence-electron chi connectivity index (χ1n) is 17.8. The summed E-state index contributed by atoms with van der Waals surface area (Å²) >= 11 is 0. The Morgan fingerprint density at radius 2 is 1.55 bits per heavy atom. The van der Waals surface area contributed by atoms with Crippen molar-refractivity contribution in [2.75, 3.05) is 13.1 Å². The molecule has 0 radical (unpaired) electrons. The zero-order valence-electron chi connectivity index (χ0n) is 30.4. The lowest BCUT2D eigenvalue weighted by molar-refractivity contribution is 0.0207. The van der Waals surface area contributed by atoms with Crippen LogP contribution in [0, 0.1) is 0 Å². The first-order chi connectivity index (χ1) is 24.2. The first kappa shape index (κ1) is 34.2. The van der Waals surface area contributed by atoms with E-state index in [0.717, 1.165) is 75.9 Å². The van der Waals surface area contributed by atoms with Crippen molar-refractivity contribution in [3.63, 3.8) is 0 Å². The lowest BCUT2D eigenvalue weighted by atomic mass is 9.98. The molecule has 51 heavy (non-hydrogen) atoms. The van der Waals surface area contributed by atoms with Crippen LogP contribution in [0.25, 0.3) is 38.9 Å². The zero-order chi connectivity index (χ0) is 36.1. The molecule has 1 spiro atoms. The summed E-state index contributed by atoms with van der Waals surface area (Å²) in [4.78, 5) is 37.3. The van der Waals surface area contributed by atoms with Gasteiger partial charge in [-0.05, 0) is 118 Å². The molecule has 2 atom stereocenters. The molecule has 2 saturated heterocycles. The smallest absolute Gasteiger partial charge is 0.411 e. The van der Waals surface area contributed by atoms with Gasteiger partial charge in [0.05, 0.1) is 23.6 Å². The fourth-order valence-electron chi connectivity index (χ4n) is 7.14. The van der Waals surface area contributed by atoms with Crippen LogP contribution in [0.5, 0.6) is 0 Å². The van der Waals surface area contributed by atoms with Crippen molar-refractivity contribution < 1.29 is 19.1 Å². The maximum Gasteiger partial charge on any atom is 0.411 e.